The normalized spacial score (nSPS) is 11.2. The van der Waals surface area contributed by atoms with Crippen LogP contribution in [0.5, 0.6) is 0 Å². The first-order chi connectivity index (χ1) is 9.06. The number of rotatable bonds is 8. The van der Waals surface area contributed by atoms with Crippen LogP contribution in [0.1, 0.15) is 51.3 Å². The molecule has 0 aliphatic heterocycles. The zero-order valence-corrected chi connectivity index (χ0v) is 12.3. The van der Waals surface area contributed by atoms with Crippen LogP contribution in [0.3, 0.4) is 0 Å². The molecule has 1 heterocycles. The molecular formula is C15H26N4. The maximum absolute atomic E-state index is 7.59. The third kappa shape index (κ3) is 4.99. The van der Waals surface area contributed by atoms with Crippen molar-refractivity contribution in [1.29, 1.82) is 5.41 Å². The zero-order chi connectivity index (χ0) is 14.3. The molecule has 0 amide bonds. The van der Waals surface area contributed by atoms with Gasteiger partial charge in [-0.2, -0.15) is 0 Å². The van der Waals surface area contributed by atoms with Crippen molar-refractivity contribution in [2.75, 3.05) is 6.54 Å². The van der Waals surface area contributed by atoms with Gasteiger partial charge < -0.3 is 5.73 Å². The van der Waals surface area contributed by atoms with E-state index in [4.69, 9.17) is 11.1 Å². The van der Waals surface area contributed by atoms with Crippen LogP contribution in [0.25, 0.3) is 0 Å². The molecule has 0 aromatic carbocycles. The Kier molecular flexibility index (Phi) is 6.50. The highest BCUT2D eigenvalue weighted by molar-refractivity contribution is 5.94. The molecule has 0 saturated heterocycles. The molecule has 0 atom stereocenters. The summed E-state index contributed by atoms with van der Waals surface area (Å²) in [5.74, 6) is 0.0489. The van der Waals surface area contributed by atoms with E-state index in [-0.39, 0.29) is 5.84 Å². The van der Waals surface area contributed by atoms with Crippen LogP contribution in [-0.2, 0) is 6.54 Å². The Labute approximate surface area is 116 Å². The number of nitrogens with two attached hydrogens (primary N) is 1. The standard InChI is InChI=1S/C15H26N4/c1-4-5-6-10-19(12(2)3)11-13-8-7-9-18-14(13)15(16)17/h7-9,12H,4-6,10-11H2,1-3H3,(H3,16,17). The fourth-order valence-electron chi connectivity index (χ4n) is 2.11. The molecule has 19 heavy (non-hydrogen) atoms. The minimum absolute atomic E-state index is 0.0489. The van der Waals surface area contributed by atoms with Gasteiger partial charge in [0.1, 0.15) is 11.5 Å². The highest BCUT2D eigenvalue weighted by Crippen LogP contribution is 2.12. The summed E-state index contributed by atoms with van der Waals surface area (Å²) in [6, 6.07) is 4.41. The number of pyridine rings is 1. The molecular weight excluding hydrogens is 236 g/mol. The number of amidine groups is 1. The van der Waals surface area contributed by atoms with E-state index in [1.807, 2.05) is 12.1 Å². The van der Waals surface area contributed by atoms with Crippen molar-refractivity contribution in [2.45, 2.75) is 52.6 Å². The summed E-state index contributed by atoms with van der Waals surface area (Å²) < 4.78 is 0. The van der Waals surface area contributed by atoms with E-state index in [2.05, 4.69) is 30.7 Å². The Balaban J connectivity index is 2.76. The summed E-state index contributed by atoms with van der Waals surface area (Å²) in [4.78, 5) is 6.63. The predicted octanol–water partition coefficient (Wildman–Crippen LogP) is 2.77. The number of hydrogen-bond donors (Lipinski definition) is 2. The third-order valence-corrected chi connectivity index (χ3v) is 3.30. The van der Waals surface area contributed by atoms with E-state index < -0.39 is 0 Å². The first kappa shape index (κ1) is 15.6. The van der Waals surface area contributed by atoms with Gasteiger partial charge in [0.2, 0.25) is 0 Å². The van der Waals surface area contributed by atoms with Crippen LogP contribution in [0.4, 0.5) is 0 Å². The van der Waals surface area contributed by atoms with Crippen LogP contribution in [0.2, 0.25) is 0 Å². The van der Waals surface area contributed by atoms with E-state index in [0.29, 0.717) is 11.7 Å². The molecule has 1 rings (SSSR count). The molecule has 1 aromatic heterocycles. The van der Waals surface area contributed by atoms with Gasteiger partial charge >= 0.3 is 0 Å². The molecule has 0 fully saturated rings. The average molecular weight is 262 g/mol. The van der Waals surface area contributed by atoms with Gasteiger partial charge in [0.15, 0.2) is 0 Å². The monoisotopic (exact) mass is 262 g/mol. The van der Waals surface area contributed by atoms with Crippen molar-refractivity contribution in [3.63, 3.8) is 0 Å². The maximum Gasteiger partial charge on any atom is 0.142 e. The van der Waals surface area contributed by atoms with Crippen LogP contribution in [0, 0.1) is 5.41 Å². The van der Waals surface area contributed by atoms with Gasteiger partial charge in [-0.05, 0) is 38.4 Å². The number of aromatic nitrogens is 1. The SMILES string of the molecule is CCCCCN(Cc1cccnc1C(=N)N)C(C)C. The second-order valence-electron chi connectivity index (χ2n) is 5.20. The molecule has 0 saturated carbocycles. The molecule has 0 spiro atoms. The lowest BCUT2D eigenvalue weighted by atomic mass is 10.1. The molecule has 0 bridgehead atoms. The highest BCUT2D eigenvalue weighted by atomic mass is 15.1. The third-order valence-electron chi connectivity index (χ3n) is 3.30. The molecule has 3 N–H and O–H groups in total. The summed E-state index contributed by atoms with van der Waals surface area (Å²) in [5, 5.41) is 7.59. The molecule has 4 heteroatoms. The smallest absolute Gasteiger partial charge is 0.142 e. The van der Waals surface area contributed by atoms with Crippen molar-refractivity contribution in [1.82, 2.24) is 9.88 Å². The van der Waals surface area contributed by atoms with E-state index in [9.17, 15) is 0 Å². The van der Waals surface area contributed by atoms with Crippen molar-refractivity contribution >= 4 is 5.84 Å². The number of nitrogen functional groups attached to an aromatic ring is 1. The average Bonchev–Trinajstić information content (AvgIpc) is 2.38. The lowest BCUT2D eigenvalue weighted by Crippen LogP contribution is -2.32. The van der Waals surface area contributed by atoms with Gasteiger partial charge in [-0.25, -0.2) is 0 Å². The van der Waals surface area contributed by atoms with Gasteiger partial charge in [0.05, 0.1) is 0 Å². The fraction of sp³-hybridized carbons (Fsp3) is 0.600. The summed E-state index contributed by atoms with van der Waals surface area (Å²) in [7, 11) is 0. The van der Waals surface area contributed by atoms with Crippen molar-refractivity contribution in [2.24, 2.45) is 5.73 Å². The van der Waals surface area contributed by atoms with Gasteiger partial charge in [0.25, 0.3) is 0 Å². The Morgan fingerprint density at radius 2 is 2.16 bits per heavy atom. The number of hydrogen-bond acceptors (Lipinski definition) is 3. The molecule has 0 radical (unpaired) electrons. The van der Waals surface area contributed by atoms with Gasteiger partial charge in [-0.15, -0.1) is 0 Å². The van der Waals surface area contributed by atoms with E-state index >= 15 is 0 Å². The first-order valence-electron chi connectivity index (χ1n) is 7.08. The summed E-state index contributed by atoms with van der Waals surface area (Å²) in [6.07, 6.45) is 5.40. The van der Waals surface area contributed by atoms with E-state index in [1.54, 1.807) is 6.20 Å². The summed E-state index contributed by atoms with van der Waals surface area (Å²) in [6.45, 7) is 8.52. The molecule has 0 aliphatic carbocycles. The van der Waals surface area contributed by atoms with Crippen LogP contribution in [0.15, 0.2) is 18.3 Å². The molecule has 0 aliphatic rings. The molecule has 106 valence electrons. The fourth-order valence-corrected chi connectivity index (χ4v) is 2.11. The largest absolute Gasteiger partial charge is 0.382 e. The molecule has 1 aromatic rings. The number of nitrogens with zero attached hydrogens (tertiary/aromatic N) is 2. The summed E-state index contributed by atoms with van der Waals surface area (Å²) >= 11 is 0. The van der Waals surface area contributed by atoms with Gasteiger partial charge in [-0.1, -0.05) is 25.8 Å². The Hall–Kier alpha value is -1.42. The first-order valence-corrected chi connectivity index (χ1v) is 7.08. The van der Waals surface area contributed by atoms with E-state index in [0.717, 1.165) is 18.7 Å². The van der Waals surface area contributed by atoms with Gasteiger partial charge in [0, 0.05) is 18.8 Å². The van der Waals surface area contributed by atoms with E-state index in [1.165, 1.54) is 19.3 Å². The highest BCUT2D eigenvalue weighted by Gasteiger charge is 2.13. The Bertz CT molecular complexity index is 401. The van der Waals surface area contributed by atoms with Crippen LogP contribution in [-0.4, -0.2) is 28.3 Å². The zero-order valence-electron chi connectivity index (χ0n) is 12.3. The second-order valence-corrected chi connectivity index (χ2v) is 5.20. The van der Waals surface area contributed by atoms with Crippen LogP contribution < -0.4 is 5.73 Å². The van der Waals surface area contributed by atoms with Crippen molar-refractivity contribution < 1.29 is 0 Å². The topological polar surface area (TPSA) is 66.0 Å². The lowest BCUT2D eigenvalue weighted by Gasteiger charge is -2.27. The van der Waals surface area contributed by atoms with Crippen LogP contribution >= 0.6 is 0 Å². The Morgan fingerprint density at radius 3 is 2.74 bits per heavy atom. The Morgan fingerprint density at radius 1 is 1.42 bits per heavy atom. The summed E-state index contributed by atoms with van der Waals surface area (Å²) in [5.41, 5.74) is 7.25. The van der Waals surface area contributed by atoms with Crippen molar-refractivity contribution in [3.8, 4) is 0 Å². The lowest BCUT2D eigenvalue weighted by molar-refractivity contribution is 0.208. The maximum atomic E-state index is 7.59. The number of unbranched alkanes of at least 4 members (excludes halogenated alkanes) is 2. The predicted molar refractivity (Wildman–Crippen MR) is 80.3 cm³/mol. The number of nitrogens with one attached hydrogen (secondary N) is 1. The molecule has 4 nitrogen and oxygen atoms in total. The van der Waals surface area contributed by atoms with Gasteiger partial charge in [-0.3, -0.25) is 15.3 Å². The minimum atomic E-state index is 0.0489. The second kappa shape index (κ2) is 7.89. The molecule has 0 unspecified atom stereocenters. The minimum Gasteiger partial charge on any atom is -0.382 e. The quantitative estimate of drug-likeness (QED) is 0.430. The van der Waals surface area contributed by atoms with Crippen molar-refractivity contribution in [3.05, 3.63) is 29.6 Å².